The van der Waals surface area contributed by atoms with Crippen molar-refractivity contribution in [3.05, 3.63) is 79.0 Å². The minimum absolute atomic E-state index is 0.194. The monoisotopic (exact) mass is 530 g/mol. The largest absolute Gasteiger partial charge is 0.366 e. The van der Waals surface area contributed by atoms with Crippen molar-refractivity contribution in [2.45, 2.75) is 0 Å². The van der Waals surface area contributed by atoms with E-state index in [4.69, 9.17) is 4.98 Å². The highest BCUT2D eigenvalue weighted by atomic mass is 16.1. The maximum atomic E-state index is 12.6. The fraction of sp³-hybridized carbons (Fsp3) is 0.172. The number of H-pyrrole nitrogens is 2. The third kappa shape index (κ3) is 4.41. The van der Waals surface area contributed by atoms with Crippen LogP contribution in [0.15, 0.2) is 73.4 Å². The number of carbonyl (C=O) groups is 1. The summed E-state index contributed by atoms with van der Waals surface area (Å²) in [5.41, 5.74) is 6.93. The van der Waals surface area contributed by atoms with Crippen LogP contribution in [-0.4, -0.2) is 79.2 Å². The molecule has 0 atom stereocenters. The van der Waals surface area contributed by atoms with Crippen LogP contribution in [0.1, 0.15) is 10.4 Å². The topological polar surface area (TPSA) is 132 Å². The van der Waals surface area contributed by atoms with Gasteiger partial charge in [-0.2, -0.15) is 5.10 Å². The number of fused-ring (bicyclic) bond motifs is 2. The summed E-state index contributed by atoms with van der Waals surface area (Å²) in [7, 11) is 2.14. The van der Waals surface area contributed by atoms with Gasteiger partial charge in [0.15, 0.2) is 11.5 Å². The molecular formula is C29H26N10O. The predicted octanol–water partition coefficient (Wildman–Crippen LogP) is 3.96. The van der Waals surface area contributed by atoms with Crippen LogP contribution in [0.3, 0.4) is 0 Å². The van der Waals surface area contributed by atoms with Gasteiger partial charge in [-0.3, -0.25) is 19.9 Å². The molecule has 40 heavy (non-hydrogen) atoms. The maximum absolute atomic E-state index is 12.6. The van der Waals surface area contributed by atoms with E-state index in [1.165, 1.54) is 0 Å². The van der Waals surface area contributed by atoms with Crippen molar-refractivity contribution in [2.75, 3.05) is 43.4 Å². The lowest BCUT2D eigenvalue weighted by Crippen LogP contribution is -2.44. The number of aromatic amines is 2. The molecule has 1 fully saturated rings. The van der Waals surface area contributed by atoms with Crippen molar-refractivity contribution in [3.63, 3.8) is 0 Å². The van der Waals surface area contributed by atoms with Crippen LogP contribution in [-0.2, 0) is 0 Å². The molecule has 0 aliphatic carbocycles. The average Bonchev–Trinajstić information content (AvgIpc) is 3.62. The van der Waals surface area contributed by atoms with Crippen molar-refractivity contribution >= 4 is 39.3 Å². The van der Waals surface area contributed by atoms with Gasteiger partial charge in [0, 0.05) is 55.3 Å². The number of imidazole rings is 1. The second kappa shape index (κ2) is 9.86. The van der Waals surface area contributed by atoms with Crippen LogP contribution in [0.2, 0.25) is 0 Å². The molecule has 1 aliphatic rings. The number of aromatic nitrogens is 7. The van der Waals surface area contributed by atoms with Gasteiger partial charge in [0.25, 0.3) is 5.91 Å². The van der Waals surface area contributed by atoms with Gasteiger partial charge < -0.3 is 20.1 Å². The number of hydrogen-bond donors (Lipinski definition) is 3. The van der Waals surface area contributed by atoms with Gasteiger partial charge >= 0.3 is 0 Å². The maximum Gasteiger partial charge on any atom is 0.255 e. The molecule has 3 N–H and O–H groups in total. The molecule has 0 radical (unpaired) electrons. The van der Waals surface area contributed by atoms with E-state index in [1.807, 2.05) is 36.5 Å². The number of piperazine rings is 1. The van der Waals surface area contributed by atoms with Crippen LogP contribution in [0.4, 0.5) is 11.4 Å². The molecule has 0 spiro atoms. The van der Waals surface area contributed by atoms with E-state index < -0.39 is 0 Å². The van der Waals surface area contributed by atoms with Crippen molar-refractivity contribution in [1.29, 1.82) is 0 Å². The molecule has 11 nitrogen and oxygen atoms in total. The number of anilines is 2. The van der Waals surface area contributed by atoms with Crippen molar-refractivity contribution in [3.8, 4) is 22.6 Å². The Kier molecular flexibility index (Phi) is 5.90. The highest BCUT2D eigenvalue weighted by Gasteiger charge is 2.20. The van der Waals surface area contributed by atoms with Crippen LogP contribution >= 0.6 is 0 Å². The standard InChI is InChI=1S/C29H26N10O/c1-38-7-9-39(10-8-38)24-17-31-16-23-26(24)35-28(34-23)25-22-12-20(14-32-27(22)37-36-25)19-11-21(15-30-13-19)33-29(40)18-5-3-2-4-6-18/h2-6,11-17H,7-10H2,1H3,(H,33,40)(H,34,35)(H,32,36,37). The number of nitrogens with zero attached hydrogens (tertiary/aromatic N) is 7. The molecule has 6 aromatic rings. The number of nitrogens with one attached hydrogen (secondary N) is 3. The summed E-state index contributed by atoms with van der Waals surface area (Å²) in [5.74, 6) is 0.474. The summed E-state index contributed by atoms with van der Waals surface area (Å²) in [4.78, 5) is 39.1. The first-order valence-corrected chi connectivity index (χ1v) is 13.1. The highest BCUT2D eigenvalue weighted by Crippen LogP contribution is 2.32. The van der Waals surface area contributed by atoms with Crippen LogP contribution in [0.5, 0.6) is 0 Å². The molecule has 1 aliphatic heterocycles. The first kappa shape index (κ1) is 23.9. The fourth-order valence-electron chi connectivity index (χ4n) is 5.01. The average molecular weight is 531 g/mol. The second-order valence-electron chi connectivity index (χ2n) is 9.91. The molecular weight excluding hydrogens is 504 g/mol. The summed E-state index contributed by atoms with van der Waals surface area (Å²) in [6.07, 6.45) is 8.81. The van der Waals surface area contributed by atoms with Gasteiger partial charge in [-0.25, -0.2) is 9.97 Å². The van der Waals surface area contributed by atoms with E-state index in [1.54, 1.807) is 36.9 Å². The molecule has 1 saturated heterocycles. The Labute approximate surface area is 229 Å². The molecule has 11 heteroatoms. The summed E-state index contributed by atoms with van der Waals surface area (Å²) in [6, 6.07) is 13.0. The summed E-state index contributed by atoms with van der Waals surface area (Å²) in [6.45, 7) is 3.86. The number of carbonyl (C=O) groups excluding carboxylic acids is 1. The molecule has 198 valence electrons. The first-order valence-electron chi connectivity index (χ1n) is 13.1. The van der Waals surface area contributed by atoms with Crippen LogP contribution < -0.4 is 10.2 Å². The number of pyridine rings is 3. The lowest BCUT2D eigenvalue weighted by atomic mass is 10.1. The number of likely N-dealkylation sites (N-methyl/N-ethyl adjacent to an activating group) is 1. The third-order valence-corrected chi connectivity index (χ3v) is 7.23. The zero-order valence-electron chi connectivity index (χ0n) is 21.8. The zero-order valence-corrected chi connectivity index (χ0v) is 21.8. The molecule has 7 rings (SSSR count). The predicted molar refractivity (Wildman–Crippen MR) is 154 cm³/mol. The Bertz CT molecular complexity index is 1840. The van der Waals surface area contributed by atoms with Gasteiger partial charge in [-0.15, -0.1) is 0 Å². The summed E-state index contributed by atoms with van der Waals surface area (Å²) in [5, 5.41) is 11.3. The minimum atomic E-state index is -0.194. The van der Waals surface area contributed by atoms with Gasteiger partial charge in [0.2, 0.25) is 0 Å². The van der Waals surface area contributed by atoms with E-state index in [9.17, 15) is 4.79 Å². The lowest BCUT2D eigenvalue weighted by molar-refractivity contribution is 0.102. The number of hydrogen-bond acceptors (Lipinski definition) is 8. The van der Waals surface area contributed by atoms with E-state index >= 15 is 0 Å². The molecule has 6 heterocycles. The van der Waals surface area contributed by atoms with Crippen molar-refractivity contribution in [2.24, 2.45) is 0 Å². The zero-order chi connectivity index (χ0) is 27.1. The Morgan fingerprint density at radius 1 is 0.925 bits per heavy atom. The van der Waals surface area contributed by atoms with Crippen molar-refractivity contribution in [1.82, 2.24) is 40.0 Å². The summed E-state index contributed by atoms with van der Waals surface area (Å²) >= 11 is 0. The van der Waals surface area contributed by atoms with E-state index in [0.29, 0.717) is 22.7 Å². The SMILES string of the molecule is CN1CCN(c2cncc3[nH]c(-c4[nH]nc5ncc(-c6cncc(NC(=O)c7ccccc7)c6)cc45)nc23)CC1. The minimum Gasteiger partial charge on any atom is -0.366 e. The lowest BCUT2D eigenvalue weighted by Gasteiger charge is -2.33. The second-order valence-corrected chi connectivity index (χ2v) is 9.91. The molecule has 0 saturated carbocycles. The highest BCUT2D eigenvalue weighted by molar-refractivity contribution is 6.04. The van der Waals surface area contributed by atoms with E-state index in [0.717, 1.165) is 65.1 Å². The Hall–Kier alpha value is -5.16. The first-order chi connectivity index (χ1) is 19.6. The van der Waals surface area contributed by atoms with Gasteiger partial charge in [-0.1, -0.05) is 18.2 Å². The quantitative estimate of drug-likeness (QED) is 0.305. The molecule has 5 aromatic heterocycles. The smallest absolute Gasteiger partial charge is 0.255 e. The Balaban J connectivity index is 1.21. The normalized spacial score (nSPS) is 14.2. The molecule has 0 unspecified atom stereocenters. The van der Waals surface area contributed by atoms with E-state index in [-0.39, 0.29) is 5.91 Å². The third-order valence-electron chi connectivity index (χ3n) is 7.23. The number of rotatable bonds is 5. The Morgan fingerprint density at radius 3 is 2.58 bits per heavy atom. The fourth-order valence-corrected chi connectivity index (χ4v) is 5.01. The summed E-state index contributed by atoms with van der Waals surface area (Å²) < 4.78 is 0. The van der Waals surface area contributed by atoms with Crippen molar-refractivity contribution < 1.29 is 4.79 Å². The number of benzene rings is 1. The molecule has 1 aromatic carbocycles. The van der Waals surface area contributed by atoms with Gasteiger partial charge in [0.1, 0.15) is 11.2 Å². The van der Waals surface area contributed by atoms with E-state index in [2.05, 4.69) is 52.3 Å². The molecule has 1 amide bonds. The molecule has 0 bridgehead atoms. The Morgan fingerprint density at radius 2 is 1.73 bits per heavy atom. The van der Waals surface area contributed by atoms with Gasteiger partial charge in [-0.05, 0) is 31.3 Å². The van der Waals surface area contributed by atoms with Gasteiger partial charge in [0.05, 0.1) is 40.9 Å². The number of amides is 1. The van der Waals surface area contributed by atoms with Crippen LogP contribution in [0, 0.1) is 0 Å². The van der Waals surface area contributed by atoms with Crippen LogP contribution in [0.25, 0.3) is 44.7 Å².